The van der Waals surface area contributed by atoms with Crippen molar-refractivity contribution in [3.05, 3.63) is 6.20 Å². The Balaban J connectivity index is 1.77. The molecule has 0 aliphatic heterocycles. The molecule has 0 aromatic carbocycles. The first kappa shape index (κ1) is 7.98. The zero-order valence-electron chi connectivity index (χ0n) is 7.16. The zero-order chi connectivity index (χ0) is 8.39. The van der Waals surface area contributed by atoms with E-state index < -0.39 is 0 Å². The molecule has 0 radical (unpaired) electrons. The van der Waals surface area contributed by atoms with Crippen LogP contribution in [0.3, 0.4) is 0 Å². The summed E-state index contributed by atoms with van der Waals surface area (Å²) >= 11 is 1.43. The summed E-state index contributed by atoms with van der Waals surface area (Å²) in [6.45, 7) is 2.22. The molecule has 1 aromatic rings. The predicted molar refractivity (Wildman–Crippen MR) is 50.3 cm³/mol. The first-order valence-electron chi connectivity index (χ1n) is 4.38. The molecule has 0 spiro atoms. The van der Waals surface area contributed by atoms with Crippen LogP contribution < -0.4 is 5.32 Å². The lowest BCUT2D eigenvalue weighted by molar-refractivity contribution is 0.643. The average molecular weight is 183 g/mol. The van der Waals surface area contributed by atoms with Crippen LogP contribution in [0.15, 0.2) is 6.20 Å². The van der Waals surface area contributed by atoms with E-state index in [0.717, 1.165) is 10.9 Å². The molecule has 0 bridgehead atoms. The Morgan fingerprint density at radius 3 is 3.17 bits per heavy atom. The molecular weight excluding hydrogens is 170 g/mol. The third-order valence-corrected chi connectivity index (χ3v) is 2.73. The molecule has 1 N–H and O–H groups in total. The highest BCUT2D eigenvalue weighted by Gasteiger charge is 2.23. The second kappa shape index (κ2) is 3.39. The summed E-state index contributed by atoms with van der Waals surface area (Å²) in [5, 5.41) is 8.25. The van der Waals surface area contributed by atoms with Gasteiger partial charge in [-0.2, -0.15) is 0 Å². The van der Waals surface area contributed by atoms with E-state index in [1.165, 1.54) is 30.8 Å². The number of aromatic nitrogens is 2. The minimum Gasteiger partial charge on any atom is -0.372 e. The molecule has 66 valence electrons. The van der Waals surface area contributed by atoms with Gasteiger partial charge in [-0.1, -0.05) is 17.3 Å². The van der Waals surface area contributed by atoms with Gasteiger partial charge in [-0.05, 0) is 19.3 Å². The summed E-state index contributed by atoms with van der Waals surface area (Å²) in [4.78, 5) is 0. The van der Waals surface area contributed by atoms with Crippen LogP contribution in [-0.2, 0) is 0 Å². The highest BCUT2D eigenvalue weighted by atomic mass is 32.1. The number of nitrogens with zero attached hydrogens (tertiary/aromatic N) is 2. The lowest BCUT2D eigenvalue weighted by Crippen LogP contribution is -2.14. The summed E-state index contributed by atoms with van der Waals surface area (Å²) in [6.07, 6.45) is 5.92. The molecule has 4 heteroatoms. The predicted octanol–water partition coefficient (Wildman–Crippen LogP) is 2.14. The van der Waals surface area contributed by atoms with Crippen molar-refractivity contribution >= 4 is 16.5 Å². The molecule has 1 atom stereocenters. The highest BCUT2D eigenvalue weighted by molar-refractivity contribution is 7.09. The fourth-order valence-corrected chi connectivity index (χ4v) is 1.92. The fraction of sp³-hybridized carbons (Fsp3) is 0.750. The maximum atomic E-state index is 3.80. The Kier molecular flexibility index (Phi) is 2.26. The molecule has 1 aliphatic rings. The van der Waals surface area contributed by atoms with Gasteiger partial charge >= 0.3 is 0 Å². The van der Waals surface area contributed by atoms with Crippen LogP contribution in [0.4, 0.5) is 5.00 Å². The van der Waals surface area contributed by atoms with Gasteiger partial charge in [0.15, 0.2) is 0 Å². The van der Waals surface area contributed by atoms with Crippen molar-refractivity contribution in [2.45, 2.75) is 32.2 Å². The van der Waals surface area contributed by atoms with Gasteiger partial charge in [-0.15, -0.1) is 5.10 Å². The van der Waals surface area contributed by atoms with E-state index in [4.69, 9.17) is 0 Å². The summed E-state index contributed by atoms with van der Waals surface area (Å²) < 4.78 is 3.80. The Bertz CT molecular complexity index is 230. The zero-order valence-corrected chi connectivity index (χ0v) is 7.97. The molecule has 1 aliphatic carbocycles. The minimum atomic E-state index is 0.569. The van der Waals surface area contributed by atoms with Crippen molar-refractivity contribution in [3.63, 3.8) is 0 Å². The first-order chi connectivity index (χ1) is 5.84. The monoisotopic (exact) mass is 183 g/mol. The van der Waals surface area contributed by atoms with Crippen molar-refractivity contribution in [3.8, 4) is 0 Å². The van der Waals surface area contributed by atoms with Crippen molar-refractivity contribution in [2.24, 2.45) is 5.92 Å². The van der Waals surface area contributed by atoms with Gasteiger partial charge < -0.3 is 5.32 Å². The topological polar surface area (TPSA) is 37.8 Å². The molecule has 3 nitrogen and oxygen atoms in total. The van der Waals surface area contributed by atoms with Gasteiger partial charge in [-0.25, -0.2) is 0 Å². The largest absolute Gasteiger partial charge is 0.372 e. The van der Waals surface area contributed by atoms with E-state index in [-0.39, 0.29) is 0 Å². The Labute approximate surface area is 76.4 Å². The minimum absolute atomic E-state index is 0.569. The van der Waals surface area contributed by atoms with Crippen molar-refractivity contribution in [2.75, 3.05) is 5.32 Å². The van der Waals surface area contributed by atoms with E-state index in [1.54, 1.807) is 6.20 Å². The van der Waals surface area contributed by atoms with E-state index >= 15 is 0 Å². The van der Waals surface area contributed by atoms with Crippen molar-refractivity contribution < 1.29 is 0 Å². The van der Waals surface area contributed by atoms with Gasteiger partial charge in [-0.3, -0.25) is 0 Å². The van der Waals surface area contributed by atoms with Crippen LogP contribution in [0, 0.1) is 5.92 Å². The van der Waals surface area contributed by atoms with Gasteiger partial charge in [0.25, 0.3) is 0 Å². The molecule has 1 aromatic heterocycles. The molecule has 0 amide bonds. The van der Waals surface area contributed by atoms with Gasteiger partial charge in [0.05, 0.1) is 6.20 Å². The number of anilines is 1. The van der Waals surface area contributed by atoms with Crippen LogP contribution in [-0.4, -0.2) is 15.6 Å². The second-order valence-electron chi connectivity index (χ2n) is 3.51. The fourth-order valence-electron chi connectivity index (χ4n) is 1.39. The first-order valence-corrected chi connectivity index (χ1v) is 5.16. The molecule has 12 heavy (non-hydrogen) atoms. The Morgan fingerprint density at radius 2 is 2.58 bits per heavy atom. The third kappa shape index (κ3) is 2.17. The molecule has 0 saturated heterocycles. The Hall–Kier alpha value is -0.640. The van der Waals surface area contributed by atoms with Crippen LogP contribution >= 0.6 is 11.5 Å². The maximum Gasteiger partial charge on any atom is 0.130 e. The molecule has 1 saturated carbocycles. The number of nitrogens with one attached hydrogen (secondary N) is 1. The average Bonchev–Trinajstić information content (AvgIpc) is 2.66. The molecular formula is C8H13N3S. The second-order valence-corrected chi connectivity index (χ2v) is 4.29. The molecule has 1 unspecified atom stereocenters. The quantitative estimate of drug-likeness (QED) is 0.777. The van der Waals surface area contributed by atoms with Gasteiger partial charge in [0.2, 0.25) is 0 Å². The lowest BCUT2D eigenvalue weighted by atomic mass is 10.2. The lowest BCUT2D eigenvalue weighted by Gasteiger charge is -2.11. The SMILES string of the molecule is CC(CC1CC1)Nc1cnns1. The van der Waals surface area contributed by atoms with Gasteiger partial charge in [0, 0.05) is 17.6 Å². The highest BCUT2D eigenvalue weighted by Crippen LogP contribution is 2.34. The normalized spacial score (nSPS) is 19.1. The summed E-state index contributed by atoms with van der Waals surface area (Å²) in [5.74, 6) is 0.980. The molecule has 1 heterocycles. The van der Waals surface area contributed by atoms with E-state index in [0.29, 0.717) is 6.04 Å². The number of hydrogen-bond acceptors (Lipinski definition) is 4. The van der Waals surface area contributed by atoms with Crippen LogP contribution in [0.25, 0.3) is 0 Å². The number of hydrogen-bond donors (Lipinski definition) is 1. The molecule has 2 rings (SSSR count). The van der Waals surface area contributed by atoms with Crippen molar-refractivity contribution in [1.29, 1.82) is 0 Å². The third-order valence-electron chi connectivity index (χ3n) is 2.13. The number of rotatable bonds is 4. The maximum absolute atomic E-state index is 3.80. The molecule has 1 fully saturated rings. The Morgan fingerprint density at radius 1 is 1.75 bits per heavy atom. The van der Waals surface area contributed by atoms with Crippen LogP contribution in [0.2, 0.25) is 0 Å². The summed E-state index contributed by atoms with van der Waals surface area (Å²) in [7, 11) is 0. The van der Waals surface area contributed by atoms with Crippen molar-refractivity contribution in [1.82, 2.24) is 9.59 Å². The standard InChI is InChI=1S/C8H13N3S/c1-6(4-7-2-3-7)10-8-5-9-11-12-8/h5-7,10H,2-4H2,1H3. The van der Waals surface area contributed by atoms with Gasteiger partial charge in [0.1, 0.15) is 5.00 Å². The summed E-state index contributed by atoms with van der Waals surface area (Å²) in [6, 6.07) is 0.569. The smallest absolute Gasteiger partial charge is 0.130 e. The van der Waals surface area contributed by atoms with Crippen LogP contribution in [0.5, 0.6) is 0 Å². The van der Waals surface area contributed by atoms with E-state index in [2.05, 4.69) is 21.8 Å². The van der Waals surface area contributed by atoms with Crippen LogP contribution in [0.1, 0.15) is 26.2 Å². The van der Waals surface area contributed by atoms with E-state index in [1.807, 2.05) is 0 Å². The summed E-state index contributed by atoms with van der Waals surface area (Å²) in [5.41, 5.74) is 0. The van der Waals surface area contributed by atoms with E-state index in [9.17, 15) is 0 Å².